The van der Waals surface area contributed by atoms with Gasteiger partial charge in [-0.05, 0) is 12.1 Å². The Bertz CT molecular complexity index is 519. The third-order valence-electron chi connectivity index (χ3n) is 3.14. The van der Waals surface area contributed by atoms with Gasteiger partial charge in [-0.1, -0.05) is 6.07 Å². The fraction of sp³-hybridized carbons (Fsp3) is 0.385. The number of hydrogen-bond donors (Lipinski definition) is 0. The van der Waals surface area contributed by atoms with Gasteiger partial charge in [-0.25, -0.2) is 8.78 Å². The van der Waals surface area contributed by atoms with Crippen molar-refractivity contribution in [1.82, 2.24) is 9.80 Å². The van der Waals surface area contributed by atoms with Crippen molar-refractivity contribution < 1.29 is 13.6 Å². The predicted molar refractivity (Wildman–Crippen MR) is 64.3 cm³/mol. The van der Waals surface area contributed by atoms with Crippen LogP contribution in [0.1, 0.15) is 10.4 Å². The lowest BCUT2D eigenvalue weighted by Gasteiger charge is -2.33. The maximum absolute atomic E-state index is 13.5. The van der Waals surface area contributed by atoms with Gasteiger partial charge in [-0.2, -0.15) is 5.26 Å². The molecule has 0 bridgehead atoms. The van der Waals surface area contributed by atoms with Crippen LogP contribution in [0.4, 0.5) is 8.78 Å². The van der Waals surface area contributed by atoms with Crippen molar-refractivity contribution in [3.05, 3.63) is 35.4 Å². The van der Waals surface area contributed by atoms with Crippen molar-refractivity contribution in [2.75, 3.05) is 32.7 Å². The van der Waals surface area contributed by atoms with Crippen LogP contribution in [-0.4, -0.2) is 48.4 Å². The average Bonchev–Trinajstić information content (AvgIpc) is 2.42. The zero-order valence-corrected chi connectivity index (χ0v) is 10.3. The highest BCUT2D eigenvalue weighted by atomic mass is 19.2. The van der Waals surface area contributed by atoms with E-state index in [1.54, 1.807) is 0 Å². The van der Waals surface area contributed by atoms with Gasteiger partial charge in [0.25, 0.3) is 5.91 Å². The molecule has 0 spiro atoms. The van der Waals surface area contributed by atoms with Crippen molar-refractivity contribution in [2.45, 2.75) is 0 Å². The molecule has 19 heavy (non-hydrogen) atoms. The third kappa shape index (κ3) is 2.88. The number of rotatable bonds is 2. The Morgan fingerprint density at radius 3 is 2.58 bits per heavy atom. The Morgan fingerprint density at radius 1 is 1.26 bits per heavy atom. The Kier molecular flexibility index (Phi) is 4.07. The number of carbonyl (C=O) groups is 1. The lowest BCUT2D eigenvalue weighted by Crippen LogP contribution is -2.48. The number of benzene rings is 1. The molecule has 1 amide bonds. The first-order valence-electron chi connectivity index (χ1n) is 5.96. The fourth-order valence-electron chi connectivity index (χ4n) is 2.05. The van der Waals surface area contributed by atoms with Crippen LogP contribution in [0.2, 0.25) is 0 Å². The summed E-state index contributed by atoms with van der Waals surface area (Å²) in [5, 5.41) is 8.58. The van der Waals surface area contributed by atoms with Gasteiger partial charge >= 0.3 is 0 Å². The molecule has 0 radical (unpaired) electrons. The highest BCUT2D eigenvalue weighted by Gasteiger charge is 2.24. The molecule has 1 aromatic carbocycles. The van der Waals surface area contributed by atoms with E-state index in [0.717, 1.165) is 6.07 Å². The van der Waals surface area contributed by atoms with E-state index in [1.165, 1.54) is 17.0 Å². The van der Waals surface area contributed by atoms with Crippen LogP contribution in [0, 0.1) is 23.0 Å². The molecule has 0 aliphatic carbocycles. The first kappa shape index (κ1) is 13.4. The van der Waals surface area contributed by atoms with Crippen LogP contribution < -0.4 is 0 Å². The minimum atomic E-state index is -1.10. The third-order valence-corrected chi connectivity index (χ3v) is 3.14. The largest absolute Gasteiger partial charge is 0.336 e. The van der Waals surface area contributed by atoms with Crippen LogP contribution in [-0.2, 0) is 0 Å². The molecule has 1 heterocycles. The Morgan fingerprint density at radius 2 is 1.95 bits per heavy atom. The van der Waals surface area contributed by atoms with Gasteiger partial charge in [0, 0.05) is 26.2 Å². The zero-order chi connectivity index (χ0) is 13.8. The van der Waals surface area contributed by atoms with Crippen LogP contribution >= 0.6 is 0 Å². The van der Waals surface area contributed by atoms with Gasteiger partial charge in [0.05, 0.1) is 18.2 Å². The number of hydrogen-bond acceptors (Lipinski definition) is 3. The molecule has 0 aromatic heterocycles. The molecule has 1 aliphatic rings. The van der Waals surface area contributed by atoms with Crippen molar-refractivity contribution in [3.63, 3.8) is 0 Å². The molecule has 0 unspecified atom stereocenters. The highest BCUT2D eigenvalue weighted by molar-refractivity contribution is 5.94. The summed E-state index contributed by atoms with van der Waals surface area (Å²) in [6.07, 6.45) is 0. The van der Waals surface area contributed by atoms with E-state index in [4.69, 9.17) is 5.26 Å². The minimum Gasteiger partial charge on any atom is -0.336 e. The van der Waals surface area contributed by atoms with Crippen LogP contribution in [0.25, 0.3) is 0 Å². The van der Waals surface area contributed by atoms with Gasteiger partial charge in [0.15, 0.2) is 11.6 Å². The molecule has 0 saturated carbocycles. The highest BCUT2D eigenvalue weighted by Crippen LogP contribution is 2.15. The monoisotopic (exact) mass is 265 g/mol. The first-order chi connectivity index (χ1) is 9.13. The van der Waals surface area contributed by atoms with Gasteiger partial charge in [0.1, 0.15) is 0 Å². The number of nitriles is 1. The summed E-state index contributed by atoms with van der Waals surface area (Å²) in [6, 6.07) is 5.62. The van der Waals surface area contributed by atoms with E-state index in [2.05, 4.69) is 0 Å². The molecule has 1 saturated heterocycles. The maximum atomic E-state index is 13.5. The van der Waals surface area contributed by atoms with E-state index in [0.29, 0.717) is 32.7 Å². The summed E-state index contributed by atoms with van der Waals surface area (Å²) < 4.78 is 26.6. The van der Waals surface area contributed by atoms with Gasteiger partial charge in [-0.15, -0.1) is 0 Å². The second-order valence-corrected chi connectivity index (χ2v) is 4.33. The summed E-state index contributed by atoms with van der Waals surface area (Å²) in [5.41, 5.74) is -0.242. The van der Waals surface area contributed by atoms with E-state index in [9.17, 15) is 13.6 Å². The molecular formula is C13H13F2N3O. The topological polar surface area (TPSA) is 47.3 Å². The van der Waals surface area contributed by atoms with Crippen LogP contribution in [0.15, 0.2) is 18.2 Å². The lowest BCUT2D eigenvalue weighted by molar-refractivity contribution is 0.0646. The molecular weight excluding hydrogens is 252 g/mol. The van der Waals surface area contributed by atoms with Gasteiger partial charge in [0.2, 0.25) is 0 Å². The molecule has 1 fully saturated rings. The summed E-state index contributed by atoms with van der Waals surface area (Å²) in [5.74, 6) is -2.63. The molecule has 0 atom stereocenters. The van der Waals surface area contributed by atoms with Crippen molar-refractivity contribution in [3.8, 4) is 6.07 Å². The molecule has 4 nitrogen and oxygen atoms in total. The maximum Gasteiger partial charge on any atom is 0.257 e. The van der Waals surface area contributed by atoms with Gasteiger partial charge in [-0.3, -0.25) is 9.69 Å². The summed E-state index contributed by atoms with van der Waals surface area (Å²) in [6.45, 7) is 2.27. The standard InChI is InChI=1S/C13H13F2N3O/c14-11-3-1-2-10(12(11)15)13(19)18-8-6-17(5-4-16)7-9-18/h1-3H,5-9H2. The van der Waals surface area contributed by atoms with Crippen LogP contribution in [0.5, 0.6) is 0 Å². The number of amides is 1. The summed E-state index contributed by atoms with van der Waals surface area (Å²) in [4.78, 5) is 15.5. The normalized spacial score (nSPS) is 16.2. The molecule has 0 N–H and O–H groups in total. The molecule has 2 rings (SSSR count). The van der Waals surface area contributed by atoms with Gasteiger partial charge < -0.3 is 4.90 Å². The second-order valence-electron chi connectivity index (χ2n) is 4.33. The molecule has 100 valence electrons. The molecule has 6 heteroatoms. The predicted octanol–water partition coefficient (Wildman–Crippen LogP) is 1.25. The summed E-state index contributed by atoms with van der Waals surface area (Å²) in [7, 11) is 0. The zero-order valence-electron chi connectivity index (χ0n) is 10.3. The minimum absolute atomic E-state index is 0.242. The van der Waals surface area contributed by atoms with Crippen molar-refractivity contribution in [1.29, 1.82) is 5.26 Å². The lowest BCUT2D eigenvalue weighted by atomic mass is 10.1. The number of halogens is 2. The molecule has 1 aromatic rings. The van der Waals surface area contributed by atoms with E-state index in [-0.39, 0.29) is 5.56 Å². The Balaban J connectivity index is 2.06. The quantitative estimate of drug-likeness (QED) is 0.756. The first-order valence-corrected chi connectivity index (χ1v) is 5.96. The molecule has 1 aliphatic heterocycles. The van der Waals surface area contributed by atoms with E-state index in [1.807, 2.05) is 11.0 Å². The Hall–Kier alpha value is -2.00. The van der Waals surface area contributed by atoms with Crippen molar-refractivity contribution >= 4 is 5.91 Å². The second kappa shape index (κ2) is 5.76. The smallest absolute Gasteiger partial charge is 0.257 e. The van der Waals surface area contributed by atoms with Crippen LogP contribution in [0.3, 0.4) is 0 Å². The van der Waals surface area contributed by atoms with Crippen molar-refractivity contribution in [2.24, 2.45) is 0 Å². The fourth-order valence-corrected chi connectivity index (χ4v) is 2.05. The number of nitrogens with zero attached hydrogens (tertiary/aromatic N) is 3. The van der Waals surface area contributed by atoms with E-state index >= 15 is 0 Å². The SMILES string of the molecule is N#CCN1CCN(C(=O)c2cccc(F)c2F)CC1. The summed E-state index contributed by atoms with van der Waals surface area (Å²) >= 11 is 0. The number of carbonyl (C=O) groups excluding carboxylic acids is 1. The Labute approximate surface area is 109 Å². The average molecular weight is 265 g/mol. The van der Waals surface area contributed by atoms with E-state index < -0.39 is 17.5 Å². The number of piperazine rings is 1.